The molecule has 0 spiro atoms. The topological polar surface area (TPSA) is 25.2 Å². The molecule has 2 aromatic rings. The summed E-state index contributed by atoms with van der Waals surface area (Å²) in [7, 11) is 0. The zero-order valence-electron chi connectivity index (χ0n) is 9.06. The van der Waals surface area contributed by atoms with Gasteiger partial charge in [-0.25, -0.2) is 0 Å². The first-order valence-electron chi connectivity index (χ1n) is 5.00. The number of hydrogen-bond acceptors (Lipinski definition) is 2. The summed E-state index contributed by atoms with van der Waals surface area (Å²) in [5, 5.41) is 4.58. The molecule has 0 saturated heterocycles. The summed E-state index contributed by atoms with van der Waals surface area (Å²) in [6.45, 7) is 2.45. The standard InChI is InChI=1S/C12H10Cl3NO/c1-7-2-3-8(17-7)6-16-12-5-10(14)9(13)4-11(12)15/h2-5,16H,6H2,1H3. The molecule has 1 N–H and O–H groups in total. The van der Waals surface area contributed by atoms with E-state index in [1.54, 1.807) is 12.1 Å². The quantitative estimate of drug-likeness (QED) is 0.790. The van der Waals surface area contributed by atoms with Crippen LogP contribution >= 0.6 is 34.8 Å². The highest BCUT2D eigenvalue weighted by Gasteiger charge is 2.06. The van der Waals surface area contributed by atoms with Gasteiger partial charge in [-0.2, -0.15) is 0 Å². The fourth-order valence-electron chi connectivity index (χ4n) is 1.42. The molecule has 1 aromatic carbocycles. The first-order valence-corrected chi connectivity index (χ1v) is 6.13. The van der Waals surface area contributed by atoms with E-state index in [9.17, 15) is 0 Å². The molecule has 2 rings (SSSR count). The van der Waals surface area contributed by atoms with Crippen LogP contribution in [-0.2, 0) is 6.54 Å². The minimum atomic E-state index is 0.441. The smallest absolute Gasteiger partial charge is 0.123 e. The van der Waals surface area contributed by atoms with Crippen LogP contribution in [-0.4, -0.2) is 0 Å². The molecule has 0 atom stereocenters. The Morgan fingerprint density at radius 1 is 1.06 bits per heavy atom. The molecule has 0 unspecified atom stereocenters. The Hall–Kier alpha value is -0.830. The highest BCUT2D eigenvalue weighted by atomic mass is 35.5. The van der Waals surface area contributed by atoms with Gasteiger partial charge in [0, 0.05) is 0 Å². The highest BCUT2D eigenvalue weighted by Crippen LogP contribution is 2.32. The van der Waals surface area contributed by atoms with Crippen molar-refractivity contribution in [2.45, 2.75) is 13.5 Å². The molecule has 0 radical (unpaired) electrons. The van der Waals surface area contributed by atoms with Crippen LogP contribution in [0.4, 0.5) is 5.69 Å². The minimum absolute atomic E-state index is 0.441. The van der Waals surface area contributed by atoms with Crippen LogP contribution in [0.2, 0.25) is 15.1 Å². The van der Waals surface area contributed by atoms with Gasteiger partial charge in [-0.3, -0.25) is 0 Å². The van der Waals surface area contributed by atoms with Crippen molar-refractivity contribution in [1.29, 1.82) is 0 Å². The van der Waals surface area contributed by atoms with E-state index >= 15 is 0 Å². The third kappa shape index (κ3) is 3.09. The van der Waals surface area contributed by atoms with Gasteiger partial charge in [-0.15, -0.1) is 0 Å². The fraction of sp³-hybridized carbons (Fsp3) is 0.167. The third-order valence-corrected chi connectivity index (χ3v) is 3.29. The van der Waals surface area contributed by atoms with Crippen LogP contribution in [0.15, 0.2) is 28.7 Å². The van der Waals surface area contributed by atoms with Gasteiger partial charge < -0.3 is 9.73 Å². The van der Waals surface area contributed by atoms with Crippen LogP contribution < -0.4 is 5.32 Å². The maximum absolute atomic E-state index is 6.04. The van der Waals surface area contributed by atoms with Crippen LogP contribution in [0.25, 0.3) is 0 Å². The van der Waals surface area contributed by atoms with Gasteiger partial charge in [0.2, 0.25) is 0 Å². The molecule has 5 heteroatoms. The Kier molecular flexibility index (Phi) is 3.87. The molecule has 17 heavy (non-hydrogen) atoms. The minimum Gasteiger partial charge on any atom is -0.465 e. The average molecular weight is 291 g/mol. The number of anilines is 1. The second-order valence-electron chi connectivity index (χ2n) is 3.61. The maximum atomic E-state index is 6.04. The van der Waals surface area contributed by atoms with Gasteiger partial charge >= 0.3 is 0 Å². The van der Waals surface area contributed by atoms with Crippen molar-refractivity contribution in [3.63, 3.8) is 0 Å². The molecule has 0 aliphatic heterocycles. The Balaban J connectivity index is 2.11. The van der Waals surface area contributed by atoms with Gasteiger partial charge in [0.1, 0.15) is 11.5 Å². The number of halogens is 3. The van der Waals surface area contributed by atoms with E-state index < -0.39 is 0 Å². The summed E-state index contributed by atoms with van der Waals surface area (Å²) in [6, 6.07) is 7.13. The lowest BCUT2D eigenvalue weighted by molar-refractivity contribution is 0.490. The number of rotatable bonds is 3. The van der Waals surface area contributed by atoms with Crippen LogP contribution in [0, 0.1) is 6.92 Å². The third-order valence-electron chi connectivity index (χ3n) is 2.26. The van der Waals surface area contributed by atoms with Crippen LogP contribution in [0.3, 0.4) is 0 Å². The Labute approximate surface area is 114 Å². The van der Waals surface area contributed by atoms with E-state index in [0.29, 0.717) is 21.6 Å². The van der Waals surface area contributed by atoms with Gasteiger partial charge in [-0.1, -0.05) is 34.8 Å². The largest absolute Gasteiger partial charge is 0.465 e. The molecule has 0 aliphatic carbocycles. The zero-order valence-corrected chi connectivity index (χ0v) is 11.3. The van der Waals surface area contributed by atoms with Gasteiger partial charge in [0.15, 0.2) is 0 Å². The number of aryl methyl sites for hydroxylation is 1. The van der Waals surface area contributed by atoms with Crippen molar-refractivity contribution in [3.05, 3.63) is 50.9 Å². The van der Waals surface area contributed by atoms with Crippen molar-refractivity contribution < 1.29 is 4.42 Å². The van der Waals surface area contributed by atoms with E-state index in [1.165, 1.54) is 0 Å². The second-order valence-corrected chi connectivity index (χ2v) is 4.83. The Bertz CT molecular complexity index is 537. The SMILES string of the molecule is Cc1ccc(CNc2cc(Cl)c(Cl)cc2Cl)o1. The van der Waals surface area contributed by atoms with E-state index in [4.69, 9.17) is 39.2 Å². The summed E-state index contributed by atoms with van der Waals surface area (Å²) < 4.78 is 5.43. The summed E-state index contributed by atoms with van der Waals surface area (Å²) >= 11 is 17.8. The predicted molar refractivity (Wildman–Crippen MR) is 72.2 cm³/mol. The number of nitrogens with one attached hydrogen (secondary N) is 1. The monoisotopic (exact) mass is 289 g/mol. The Morgan fingerprint density at radius 2 is 1.76 bits per heavy atom. The molecule has 0 amide bonds. The number of hydrogen-bond donors (Lipinski definition) is 1. The molecule has 0 aliphatic rings. The molecular weight excluding hydrogens is 280 g/mol. The molecule has 0 saturated carbocycles. The predicted octanol–water partition coefficient (Wildman–Crippen LogP) is 5.16. The maximum Gasteiger partial charge on any atom is 0.123 e. The molecule has 2 nitrogen and oxygen atoms in total. The molecule has 90 valence electrons. The molecule has 1 aromatic heterocycles. The zero-order chi connectivity index (χ0) is 12.4. The second kappa shape index (κ2) is 5.21. The van der Waals surface area contributed by atoms with Crippen LogP contribution in [0.1, 0.15) is 11.5 Å². The van der Waals surface area contributed by atoms with Gasteiger partial charge in [0.05, 0.1) is 27.3 Å². The molecule has 0 fully saturated rings. The van der Waals surface area contributed by atoms with Crippen LogP contribution in [0.5, 0.6) is 0 Å². The molecule has 1 heterocycles. The highest BCUT2D eigenvalue weighted by molar-refractivity contribution is 6.44. The number of furan rings is 1. The fourth-order valence-corrected chi connectivity index (χ4v) is 2.03. The summed E-state index contributed by atoms with van der Waals surface area (Å²) in [5.74, 6) is 1.71. The first-order chi connectivity index (χ1) is 8.06. The lowest BCUT2D eigenvalue weighted by Gasteiger charge is -2.08. The lowest BCUT2D eigenvalue weighted by Crippen LogP contribution is -1.98. The van der Waals surface area contributed by atoms with Crippen molar-refractivity contribution >= 4 is 40.5 Å². The van der Waals surface area contributed by atoms with Gasteiger partial charge in [0.25, 0.3) is 0 Å². The average Bonchev–Trinajstić information content (AvgIpc) is 2.68. The summed E-state index contributed by atoms with van der Waals surface area (Å²) in [6.07, 6.45) is 0. The van der Waals surface area contributed by atoms with Crippen molar-refractivity contribution in [2.24, 2.45) is 0 Å². The van der Waals surface area contributed by atoms with Crippen molar-refractivity contribution in [3.8, 4) is 0 Å². The Morgan fingerprint density at radius 3 is 2.41 bits per heavy atom. The van der Waals surface area contributed by atoms with Crippen molar-refractivity contribution in [1.82, 2.24) is 0 Å². The van der Waals surface area contributed by atoms with Gasteiger partial charge in [-0.05, 0) is 31.2 Å². The number of benzene rings is 1. The summed E-state index contributed by atoms with van der Waals surface area (Å²) in [5.41, 5.74) is 0.732. The van der Waals surface area contributed by atoms with E-state index in [1.807, 2.05) is 19.1 Å². The van der Waals surface area contributed by atoms with Crippen molar-refractivity contribution in [2.75, 3.05) is 5.32 Å². The summed E-state index contributed by atoms with van der Waals surface area (Å²) in [4.78, 5) is 0. The van der Waals surface area contributed by atoms with E-state index in [0.717, 1.165) is 17.2 Å². The first kappa shape index (κ1) is 12.6. The van der Waals surface area contributed by atoms with E-state index in [-0.39, 0.29) is 0 Å². The molecule has 0 bridgehead atoms. The normalized spacial score (nSPS) is 10.6. The lowest BCUT2D eigenvalue weighted by atomic mass is 10.3. The van der Waals surface area contributed by atoms with E-state index in [2.05, 4.69) is 5.32 Å². The molecular formula is C12H10Cl3NO.